The van der Waals surface area contributed by atoms with Gasteiger partial charge in [0.15, 0.2) is 0 Å². The van der Waals surface area contributed by atoms with Crippen LogP contribution in [0.2, 0.25) is 0 Å². The first-order valence-electron chi connectivity index (χ1n) is 16.5. The van der Waals surface area contributed by atoms with Crippen molar-refractivity contribution in [1.82, 2.24) is 24.9 Å². The van der Waals surface area contributed by atoms with Crippen LogP contribution in [0, 0.1) is 18.7 Å². The molecule has 9 heteroatoms. The Hall–Kier alpha value is -3.58. The van der Waals surface area contributed by atoms with Crippen LogP contribution in [-0.4, -0.2) is 85.3 Å². The summed E-state index contributed by atoms with van der Waals surface area (Å²) < 4.78 is 20.4. The second-order valence-electron chi connectivity index (χ2n) is 11.1. The van der Waals surface area contributed by atoms with E-state index < -0.39 is 0 Å². The van der Waals surface area contributed by atoms with E-state index in [2.05, 4.69) is 47.2 Å². The standard InChI is InChI=1S/C19H25N3O3.C12H17FN2.2C2H6.C2H2/c1-13(2)15(12-23)6-5-14-10-20-19(24)17-11-21-22(18(14)17)16-4-3-8-25-9-7-16;1-14-7-8-15(2)12(9-14)10-3-5-11(13)6-4-10;3*1-2/h5,11-12,16H,3-4,6-10H2,1-2H3,(H,20,24);3-6,12H,7-9H2,1-2H3;2*1-2H3;1-2H/b14-5+;;;;. The quantitative estimate of drug-likeness (QED) is 0.223. The van der Waals surface area contributed by atoms with Gasteiger partial charge in [-0.05, 0) is 82.5 Å². The number of nitrogens with zero attached hydrogens (tertiary/aromatic N) is 4. The lowest BCUT2D eigenvalue weighted by Crippen LogP contribution is -2.44. The molecule has 0 bridgehead atoms. The van der Waals surface area contributed by atoms with Gasteiger partial charge in [-0.2, -0.15) is 5.10 Å². The normalized spacial score (nSPS) is 20.2. The number of ether oxygens (including phenoxy) is 1. The lowest BCUT2D eigenvalue weighted by atomic mass is 9.99. The number of aromatic nitrogens is 2. The van der Waals surface area contributed by atoms with E-state index in [1.165, 1.54) is 17.7 Å². The highest BCUT2D eigenvalue weighted by atomic mass is 19.1. The molecule has 46 heavy (non-hydrogen) atoms. The number of halogens is 1. The molecule has 3 aliphatic rings. The molecule has 2 fully saturated rings. The number of hydrogen-bond donors (Lipinski definition) is 1. The summed E-state index contributed by atoms with van der Waals surface area (Å²) in [6, 6.07) is 7.49. The Balaban J connectivity index is 0.000000430. The van der Waals surface area contributed by atoms with Crippen LogP contribution in [0.1, 0.15) is 101 Å². The van der Waals surface area contributed by atoms with Gasteiger partial charge in [0.05, 0.1) is 23.5 Å². The van der Waals surface area contributed by atoms with E-state index in [-0.39, 0.29) is 17.8 Å². The summed E-state index contributed by atoms with van der Waals surface area (Å²) in [5.41, 5.74) is 5.53. The Morgan fingerprint density at radius 2 is 1.74 bits per heavy atom. The Kier molecular flexibility index (Phi) is 19.4. The average Bonchev–Trinajstić information content (AvgIpc) is 3.36. The molecule has 1 N–H and O–H groups in total. The first kappa shape index (κ1) is 40.4. The Morgan fingerprint density at radius 3 is 2.37 bits per heavy atom. The van der Waals surface area contributed by atoms with Gasteiger partial charge < -0.3 is 15.0 Å². The Bertz CT molecular complexity index is 1270. The third-order valence-corrected chi connectivity index (χ3v) is 8.01. The van der Waals surface area contributed by atoms with Gasteiger partial charge in [0.25, 0.3) is 5.91 Å². The molecule has 0 saturated carbocycles. The zero-order valence-corrected chi connectivity index (χ0v) is 29.3. The third-order valence-electron chi connectivity index (χ3n) is 8.01. The summed E-state index contributed by atoms with van der Waals surface area (Å²) in [6.45, 7) is 17.0. The molecule has 1 amide bonds. The molecule has 3 aliphatic heterocycles. The minimum absolute atomic E-state index is 0.0823. The molecule has 8 nitrogen and oxygen atoms in total. The van der Waals surface area contributed by atoms with Crippen molar-refractivity contribution >= 4 is 17.8 Å². The van der Waals surface area contributed by atoms with Crippen molar-refractivity contribution in [2.45, 2.75) is 79.3 Å². The number of piperazine rings is 1. The number of allylic oxidation sites excluding steroid dienone is 3. The second-order valence-corrected chi connectivity index (χ2v) is 11.1. The van der Waals surface area contributed by atoms with Crippen molar-refractivity contribution in [2.24, 2.45) is 0 Å². The molecule has 1 aromatic heterocycles. The molecule has 254 valence electrons. The first-order chi connectivity index (χ1) is 22.3. The van der Waals surface area contributed by atoms with E-state index in [0.717, 1.165) is 80.8 Å². The van der Waals surface area contributed by atoms with Gasteiger partial charge in [-0.1, -0.05) is 51.5 Å². The van der Waals surface area contributed by atoms with Crippen LogP contribution in [0.5, 0.6) is 0 Å². The smallest absolute Gasteiger partial charge is 0.255 e. The van der Waals surface area contributed by atoms with Gasteiger partial charge in [-0.3, -0.25) is 19.2 Å². The molecule has 0 radical (unpaired) electrons. The summed E-state index contributed by atoms with van der Waals surface area (Å²) in [7, 11) is 4.25. The highest BCUT2D eigenvalue weighted by Crippen LogP contribution is 2.31. The molecule has 4 heterocycles. The zero-order valence-electron chi connectivity index (χ0n) is 29.3. The van der Waals surface area contributed by atoms with E-state index in [1.54, 1.807) is 6.20 Å². The Labute approximate surface area is 277 Å². The van der Waals surface area contributed by atoms with E-state index in [1.807, 2.05) is 64.4 Å². The predicted molar refractivity (Wildman–Crippen MR) is 187 cm³/mol. The van der Waals surface area contributed by atoms with E-state index in [9.17, 15) is 14.0 Å². The molecule has 0 aliphatic carbocycles. The predicted octanol–water partition coefficient (Wildman–Crippen LogP) is 6.72. The molecular formula is C37H56FN5O3. The van der Waals surface area contributed by atoms with E-state index in [4.69, 9.17) is 4.74 Å². The minimum atomic E-state index is -0.162. The number of fused-ring (bicyclic) bond motifs is 1. The third kappa shape index (κ3) is 11.7. The number of rotatable bonds is 5. The van der Waals surface area contributed by atoms with Crippen LogP contribution in [0.3, 0.4) is 0 Å². The maximum atomic E-state index is 12.8. The van der Waals surface area contributed by atoms with Crippen LogP contribution in [-0.2, 0) is 9.53 Å². The van der Waals surface area contributed by atoms with Crippen LogP contribution in [0.25, 0.3) is 5.57 Å². The number of amides is 1. The summed E-state index contributed by atoms with van der Waals surface area (Å²) in [4.78, 5) is 28.1. The molecular weight excluding hydrogens is 581 g/mol. The van der Waals surface area contributed by atoms with Crippen molar-refractivity contribution in [3.05, 3.63) is 70.3 Å². The number of terminal acetylenes is 1. The van der Waals surface area contributed by atoms with Crippen molar-refractivity contribution in [3.63, 3.8) is 0 Å². The van der Waals surface area contributed by atoms with Crippen LogP contribution >= 0.6 is 0 Å². The summed E-state index contributed by atoms with van der Waals surface area (Å²) in [5, 5.41) is 7.42. The maximum Gasteiger partial charge on any atom is 0.255 e. The largest absolute Gasteiger partial charge is 0.381 e. The topological polar surface area (TPSA) is 79.7 Å². The number of aldehydes is 1. The lowest BCUT2D eigenvalue weighted by molar-refractivity contribution is -0.105. The molecule has 0 spiro atoms. The number of nitrogens with one attached hydrogen (secondary N) is 1. The van der Waals surface area contributed by atoms with Gasteiger partial charge >= 0.3 is 0 Å². The van der Waals surface area contributed by atoms with Gasteiger partial charge in [0.2, 0.25) is 0 Å². The van der Waals surface area contributed by atoms with Gasteiger partial charge in [-0.15, -0.1) is 12.8 Å². The molecule has 2 unspecified atom stereocenters. The molecule has 2 atom stereocenters. The van der Waals surface area contributed by atoms with Crippen molar-refractivity contribution in [3.8, 4) is 12.8 Å². The molecule has 2 aromatic rings. The highest BCUT2D eigenvalue weighted by molar-refractivity contribution is 6.02. The van der Waals surface area contributed by atoms with Gasteiger partial charge in [0.1, 0.15) is 12.1 Å². The fourth-order valence-corrected chi connectivity index (χ4v) is 5.44. The fourth-order valence-electron chi connectivity index (χ4n) is 5.44. The zero-order chi connectivity index (χ0) is 34.6. The molecule has 2 saturated heterocycles. The van der Waals surface area contributed by atoms with Crippen molar-refractivity contribution < 1.29 is 18.7 Å². The second kappa shape index (κ2) is 22.0. The maximum absolute atomic E-state index is 12.8. The minimum Gasteiger partial charge on any atom is -0.381 e. The lowest BCUT2D eigenvalue weighted by Gasteiger charge is -2.37. The van der Waals surface area contributed by atoms with Gasteiger partial charge in [-0.25, -0.2) is 4.39 Å². The van der Waals surface area contributed by atoms with Crippen LogP contribution in [0.15, 0.2) is 47.7 Å². The number of likely N-dealkylation sites (N-methyl/N-ethyl adjacent to an activating group) is 2. The summed E-state index contributed by atoms with van der Waals surface area (Å²) in [6.07, 6.45) is 16.1. The van der Waals surface area contributed by atoms with E-state index >= 15 is 0 Å². The van der Waals surface area contributed by atoms with E-state index in [0.29, 0.717) is 24.6 Å². The summed E-state index contributed by atoms with van der Waals surface area (Å²) in [5.74, 6) is -0.244. The fraction of sp³-hybridized carbons (Fsp3) is 0.541. The van der Waals surface area contributed by atoms with Gasteiger partial charge in [0, 0.05) is 45.4 Å². The van der Waals surface area contributed by atoms with Crippen LogP contribution in [0.4, 0.5) is 4.39 Å². The average molecular weight is 638 g/mol. The number of carbonyl (C=O) groups is 2. The summed E-state index contributed by atoms with van der Waals surface area (Å²) >= 11 is 0. The van der Waals surface area contributed by atoms with Crippen LogP contribution < -0.4 is 5.32 Å². The van der Waals surface area contributed by atoms with Crippen molar-refractivity contribution in [2.75, 3.05) is 53.5 Å². The monoisotopic (exact) mass is 637 g/mol. The SMILES string of the molecule is C#C.CC.CC.CC(C)=C(C=O)C/C=C1\CNC(=O)c2cnn(C3CCCOCC3)c21.CN1CCN(C)C(c2ccc(F)cc2)C1. The van der Waals surface area contributed by atoms with Crippen molar-refractivity contribution in [1.29, 1.82) is 0 Å². The molecule has 5 rings (SSSR count). The highest BCUT2D eigenvalue weighted by Gasteiger charge is 2.29. The number of carbonyl (C=O) groups excluding carboxylic acids is 2. The molecule has 1 aromatic carbocycles. The first-order valence-corrected chi connectivity index (χ1v) is 16.5. The Morgan fingerprint density at radius 1 is 1.07 bits per heavy atom. The number of benzene rings is 1. The number of hydrogen-bond acceptors (Lipinski definition) is 6.